The van der Waals surface area contributed by atoms with Gasteiger partial charge in [0, 0.05) is 24.9 Å². The number of aryl methyl sites for hydroxylation is 2. The summed E-state index contributed by atoms with van der Waals surface area (Å²) in [6.07, 6.45) is 8.02. The maximum atomic E-state index is 13.5. The monoisotopic (exact) mass is 525 g/mol. The molecule has 2 heterocycles. The van der Waals surface area contributed by atoms with Crippen molar-refractivity contribution in [1.82, 2.24) is 19.9 Å². The number of benzene rings is 2. The number of carbonyl (C=O) groups excluding carboxylic acids is 1. The molecule has 1 atom stereocenters. The zero-order valence-corrected chi connectivity index (χ0v) is 23.0. The summed E-state index contributed by atoms with van der Waals surface area (Å²) in [5.41, 5.74) is 11.3. The molecule has 0 spiro atoms. The van der Waals surface area contributed by atoms with Crippen molar-refractivity contribution in [3.8, 4) is 5.75 Å². The molecule has 2 aromatic heterocycles. The van der Waals surface area contributed by atoms with Gasteiger partial charge in [0.25, 0.3) is 0 Å². The van der Waals surface area contributed by atoms with Crippen LogP contribution in [0.1, 0.15) is 61.2 Å². The number of aromatic nitrogens is 3. The average molecular weight is 526 g/mol. The van der Waals surface area contributed by atoms with E-state index in [1.165, 1.54) is 5.56 Å². The van der Waals surface area contributed by atoms with Crippen LogP contribution in [0.25, 0.3) is 11.0 Å². The lowest BCUT2D eigenvalue weighted by molar-refractivity contribution is -0.127. The number of amides is 1. The third-order valence-corrected chi connectivity index (χ3v) is 7.95. The summed E-state index contributed by atoms with van der Waals surface area (Å²) in [6.45, 7) is 6.22. The molecule has 4 aromatic rings. The van der Waals surface area contributed by atoms with Crippen LogP contribution in [-0.4, -0.2) is 27.0 Å². The second-order valence-corrected chi connectivity index (χ2v) is 10.7. The lowest BCUT2D eigenvalue weighted by Gasteiger charge is -2.29. The Bertz CT molecular complexity index is 1380. The Morgan fingerprint density at radius 2 is 1.79 bits per heavy atom. The molecule has 1 fully saturated rings. The standard InChI is InChI=1S/C32H39N5O2/c1-3-37-30-18-22(2)4-13-28(30)35-31(37)29(36-32(38)26-9-5-24(20-33)6-10-26)19-23-7-11-27(12-8-23)39-21-25-14-16-34-17-15-25/h4,7-8,11-18,24,26,29H,3,5-6,9-10,19-21,33H2,1-2H3,(H,36,38)/t24?,26?,29-/m0/s1. The molecule has 0 radical (unpaired) electrons. The van der Waals surface area contributed by atoms with Crippen molar-refractivity contribution >= 4 is 16.9 Å². The number of nitrogens with zero attached hydrogens (tertiary/aromatic N) is 3. The van der Waals surface area contributed by atoms with Gasteiger partial charge < -0.3 is 20.4 Å². The summed E-state index contributed by atoms with van der Waals surface area (Å²) in [5, 5.41) is 3.41. The van der Waals surface area contributed by atoms with Crippen molar-refractivity contribution in [1.29, 1.82) is 0 Å². The number of hydrogen-bond acceptors (Lipinski definition) is 5. The van der Waals surface area contributed by atoms with Gasteiger partial charge in [-0.2, -0.15) is 0 Å². The summed E-state index contributed by atoms with van der Waals surface area (Å²) < 4.78 is 8.20. The predicted octanol–water partition coefficient (Wildman–Crippen LogP) is 5.50. The SMILES string of the molecule is CCn1c([C@H](Cc2ccc(OCc3ccncc3)cc2)NC(=O)C2CCC(CN)CC2)nc2ccc(C)cc21. The highest BCUT2D eigenvalue weighted by Gasteiger charge is 2.29. The first-order valence-corrected chi connectivity index (χ1v) is 14.1. The molecule has 1 saturated carbocycles. The summed E-state index contributed by atoms with van der Waals surface area (Å²) in [4.78, 5) is 22.6. The van der Waals surface area contributed by atoms with Gasteiger partial charge in [0.1, 0.15) is 18.2 Å². The highest BCUT2D eigenvalue weighted by molar-refractivity contribution is 5.80. The third kappa shape index (κ3) is 6.48. The van der Waals surface area contributed by atoms with Gasteiger partial charge in [-0.05, 0) is 112 Å². The second-order valence-electron chi connectivity index (χ2n) is 10.7. The fraction of sp³-hybridized carbons (Fsp3) is 0.406. The summed E-state index contributed by atoms with van der Waals surface area (Å²) >= 11 is 0. The normalized spacial score (nSPS) is 18.1. The minimum atomic E-state index is -0.235. The number of nitrogens with two attached hydrogens (primary N) is 1. The quantitative estimate of drug-likeness (QED) is 0.285. The van der Waals surface area contributed by atoms with Gasteiger partial charge in [-0.3, -0.25) is 9.78 Å². The molecule has 0 saturated heterocycles. The van der Waals surface area contributed by atoms with Crippen molar-refractivity contribution in [3.05, 3.63) is 89.5 Å². The van der Waals surface area contributed by atoms with E-state index in [0.717, 1.165) is 66.0 Å². The van der Waals surface area contributed by atoms with Crippen LogP contribution in [0, 0.1) is 18.8 Å². The molecule has 3 N–H and O–H groups in total. The van der Waals surface area contributed by atoms with Gasteiger partial charge in [0.2, 0.25) is 5.91 Å². The van der Waals surface area contributed by atoms with Gasteiger partial charge in [-0.25, -0.2) is 4.98 Å². The van der Waals surface area contributed by atoms with Crippen LogP contribution in [0.15, 0.2) is 67.0 Å². The summed E-state index contributed by atoms with van der Waals surface area (Å²) in [6, 6.07) is 18.2. The topological polar surface area (TPSA) is 95.1 Å². The molecule has 1 aliphatic rings. The number of nitrogens with one attached hydrogen (secondary N) is 1. The number of pyridine rings is 1. The molecular weight excluding hydrogens is 486 g/mol. The predicted molar refractivity (Wildman–Crippen MR) is 154 cm³/mol. The van der Waals surface area contributed by atoms with Crippen LogP contribution in [0.4, 0.5) is 0 Å². The van der Waals surface area contributed by atoms with Crippen molar-refractivity contribution in [2.24, 2.45) is 17.6 Å². The number of rotatable bonds is 10. The van der Waals surface area contributed by atoms with E-state index in [1.807, 2.05) is 24.3 Å². The second kappa shape index (κ2) is 12.4. The minimum Gasteiger partial charge on any atom is -0.489 e. The zero-order valence-electron chi connectivity index (χ0n) is 23.0. The molecule has 1 amide bonds. The van der Waals surface area contributed by atoms with Crippen molar-refractivity contribution in [2.45, 2.75) is 65.1 Å². The average Bonchev–Trinajstić information content (AvgIpc) is 3.34. The summed E-state index contributed by atoms with van der Waals surface area (Å²) in [5.74, 6) is 2.40. The van der Waals surface area contributed by atoms with E-state index >= 15 is 0 Å². The molecule has 0 bridgehead atoms. The minimum absolute atomic E-state index is 0.0287. The molecule has 204 valence electrons. The molecule has 7 heteroatoms. The number of hydrogen-bond donors (Lipinski definition) is 2. The number of fused-ring (bicyclic) bond motifs is 1. The van der Waals surface area contributed by atoms with E-state index in [2.05, 4.69) is 59.0 Å². The van der Waals surface area contributed by atoms with Crippen LogP contribution in [-0.2, 0) is 24.4 Å². The van der Waals surface area contributed by atoms with Crippen LogP contribution < -0.4 is 15.8 Å². The Morgan fingerprint density at radius 3 is 2.49 bits per heavy atom. The van der Waals surface area contributed by atoms with E-state index in [1.54, 1.807) is 12.4 Å². The van der Waals surface area contributed by atoms with E-state index < -0.39 is 0 Å². The van der Waals surface area contributed by atoms with E-state index in [9.17, 15) is 4.79 Å². The molecular formula is C32H39N5O2. The van der Waals surface area contributed by atoms with Crippen LogP contribution in [0.2, 0.25) is 0 Å². The number of ether oxygens (including phenoxy) is 1. The lowest BCUT2D eigenvalue weighted by atomic mass is 9.81. The van der Waals surface area contributed by atoms with Crippen LogP contribution in [0.3, 0.4) is 0 Å². The molecule has 0 aliphatic heterocycles. The Kier molecular flexibility index (Phi) is 8.57. The van der Waals surface area contributed by atoms with Crippen molar-refractivity contribution < 1.29 is 9.53 Å². The molecule has 39 heavy (non-hydrogen) atoms. The molecule has 5 rings (SSSR count). The van der Waals surface area contributed by atoms with Crippen LogP contribution >= 0.6 is 0 Å². The fourth-order valence-electron chi connectivity index (χ4n) is 5.61. The maximum absolute atomic E-state index is 13.5. The zero-order chi connectivity index (χ0) is 27.2. The highest BCUT2D eigenvalue weighted by Crippen LogP contribution is 2.30. The van der Waals surface area contributed by atoms with E-state index in [-0.39, 0.29) is 17.9 Å². The Hall–Kier alpha value is -3.71. The summed E-state index contributed by atoms with van der Waals surface area (Å²) in [7, 11) is 0. The first-order chi connectivity index (χ1) is 19.0. The van der Waals surface area contributed by atoms with E-state index in [0.29, 0.717) is 25.5 Å². The largest absolute Gasteiger partial charge is 0.489 e. The van der Waals surface area contributed by atoms with E-state index in [4.69, 9.17) is 15.5 Å². The first-order valence-electron chi connectivity index (χ1n) is 14.1. The van der Waals surface area contributed by atoms with Gasteiger partial charge in [-0.15, -0.1) is 0 Å². The Balaban J connectivity index is 1.36. The first kappa shape index (κ1) is 26.9. The number of carbonyl (C=O) groups is 1. The molecule has 7 nitrogen and oxygen atoms in total. The van der Waals surface area contributed by atoms with Crippen LogP contribution in [0.5, 0.6) is 5.75 Å². The Morgan fingerprint density at radius 1 is 1.05 bits per heavy atom. The lowest BCUT2D eigenvalue weighted by Crippen LogP contribution is -2.38. The third-order valence-electron chi connectivity index (χ3n) is 7.95. The smallest absolute Gasteiger partial charge is 0.223 e. The Labute approximate surface area is 230 Å². The highest BCUT2D eigenvalue weighted by atomic mass is 16.5. The maximum Gasteiger partial charge on any atom is 0.223 e. The fourth-order valence-corrected chi connectivity index (χ4v) is 5.61. The molecule has 0 unspecified atom stereocenters. The van der Waals surface area contributed by atoms with Crippen molar-refractivity contribution in [2.75, 3.05) is 6.54 Å². The molecule has 1 aliphatic carbocycles. The van der Waals surface area contributed by atoms with Gasteiger partial charge in [0.05, 0.1) is 17.1 Å². The van der Waals surface area contributed by atoms with Gasteiger partial charge in [-0.1, -0.05) is 18.2 Å². The molecule has 2 aromatic carbocycles. The van der Waals surface area contributed by atoms with Gasteiger partial charge >= 0.3 is 0 Å². The van der Waals surface area contributed by atoms with Gasteiger partial charge in [0.15, 0.2) is 0 Å². The van der Waals surface area contributed by atoms with Crippen molar-refractivity contribution in [3.63, 3.8) is 0 Å². The number of imidazole rings is 1.